The Morgan fingerprint density at radius 1 is 1.33 bits per heavy atom. The largest absolute Gasteiger partial charge is 0.301 e. The number of carbonyl (C=O) groups is 1. The Balaban J connectivity index is 2.49. The third-order valence-corrected chi connectivity index (χ3v) is 2.16. The van der Waals surface area contributed by atoms with Crippen LogP contribution in [0.1, 0.15) is 19.3 Å². The molecule has 0 aliphatic carbocycles. The van der Waals surface area contributed by atoms with Crippen LogP contribution in [-0.2, 0) is 4.79 Å². The van der Waals surface area contributed by atoms with E-state index in [4.69, 9.17) is 0 Å². The second kappa shape index (κ2) is 4.95. The highest BCUT2D eigenvalue weighted by molar-refractivity contribution is 5.63. The summed E-state index contributed by atoms with van der Waals surface area (Å²) in [4.78, 5) is 12.7. The van der Waals surface area contributed by atoms with Crippen LogP contribution in [0.25, 0.3) is 0 Å². The zero-order valence-electron chi connectivity index (χ0n) is 7.25. The molecular weight excluding hydrogens is 150 g/mol. The maximum absolute atomic E-state index is 10.6. The predicted molar refractivity (Wildman–Crippen MR) is 48.4 cm³/mol. The van der Waals surface area contributed by atoms with Gasteiger partial charge in [0.25, 0.3) is 0 Å². The molecule has 0 N–H and O–H groups in total. The van der Waals surface area contributed by atoms with Crippen molar-refractivity contribution in [1.29, 1.82) is 0 Å². The van der Waals surface area contributed by atoms with Crippen LogP contribution < -0.4 is 0 Å². The van der Waals surface area contributed by atoms with E-state index in [9.17, 15) is 4.79 Å². The van der Waals surface area contributed by atoms with Gasteiger partial charge in [0.15, 0.2) is 0 Å². The van der Waals surface area contributed by atoms with Gasteiger partial charge in [-0.15, -0.1) is 5.92 Å². The Bertz CT molecular complexity index is 196. The van der Waals surface area contributed by atoms with Crippen LogP contribution in [0.15, 0.2) is 0 Å². The number of piperidine rings is 1. The first-order valence-corrected chi connectivity index (χ1v) is 4.35. The van der Waals surface area contributed by atoms with Crippen molar-refractivity contribution in [3.05, 3.63) is 6.92 Å². The van der Waals surface area contributed by atoms with Gasteiger partial charge in [0, 0.05) is 6.92 Å². The van der Waals surface area contributed by atoms with Crippen LogP contribution >= 0.6 is 0 Å². The summed E-state index contributed by atoms with van der Waals surface area (Å²) in [6.45, 7) is 5.42. The lowest BCUT2D eigenvalue weighted by molar-refractivity contribution is -0.111. The molecule has 1 atom stereocenters. The van der Waals surface area contributed by atoms with Crippen LogP contribution in [0, 0.1) is 18.8 Å². The van der Waals surface area contributed by atoms with Gasteiger partial charge in [-0.25, -0.2) is 0 Å². The van der Waals surface area contributed by atoms with Crippen LogP contribution in [0.4, 0.5) is 0 Å². The summed E-state index contributed by atoms with van der Waals surface area (Å²) in [6, 6.07) is -0.220. The minimum absolute atomic E-state index is 0.220. The van der Waals surface area contributed by atoms with Crippen molar-refractivity contribution in [3.63, 3.8) is 0 Å². The smallest absolute Gasteiger partial charge is 0.149 e. The molecule has 1 aliphatic heterocycles. The molecule has 1 aliphatic rings. The first-order valence-electron chi connectivity index (χ1n) is 4.35. The molecule has 1 rings (SSSR count). The highest BCUT2D eigenvalue weighted by Gasteiger charge is 2.17. The average Bonchev–Trinajstić information content (AvgIpc) is 2.15. The van der Waals surface area contributed by atoms with Gasteiger partial charge < -0.3 is 4.79 Å². The second-order valence-electron chi connectivity index (χ2n) is 3.00. The Labute approximate surface area is 73.9 Å². The van der Waals surface area contributed by atoms with Crippen molar-refractivity contribution < 1.29 is 4.79 Å². The number of hydrogen-bond acceptors (Lipinski definition) is 2. The highest BCUT2D eigenvalue weighted by atomic mass is 16.1. The van der Waals surface area contributed by atoms with Gasteiger partial charge in [-0.3, -0.25) is 4.90 Å². The predicted octanol–water partition coefficient (Wildman–Crippen LogP) is 0.877. The maximum atomic E-state index is 10.6. The summed E-state index contributed by atoms with van der Waals surface area (Å²) in [5.74, 6) is 5.34. The lowest BCUT2D eigenvalue weighted by Gasteiger charge is -2.28. The lowest BCUT2D eigenvalue weighted by atomic mass is 10.1. The van der Waals surface area contributed by atoms with Gasteiger partial charge in [-0.1, -0.05) is 12.3 Å². The number of aldehydes is 1. The fourth-order valence-electron chi connectivity index (χ4n) is 1.51. The molecule has 1 fully saturated rings. The van der Waals surface area contributed by atoms with Crippen molar-refractivity contribution in [2.45, 2.75) is 25.3 Å². The minimum Gasteiger partial charge on any atom is -0.301 e. The van der Waals surface area contributed by atoms with E-state index in [1.54, 1.807) is 0 Å². The summed E-state index contributed by atoms with van der Waals surface area (Å²) in [6.07, 6.45) is 4.55. The molecule has 0 saturated carbocycles. The minimum atomic E-state index is -0.220. The highest BCUT2D eigenvalue weighted by Crippen LogP contribution is 2.10. The van der Waals surface area contributed by atoms with Gasteiger partial charge in [0.2, 0.25) is 0 Å². The maximum Gasteiger partial charge on any atom is 0.149 e. The third-order valence-electron chi connectivity index (χ3n) is 2.16. The Morgan fingerprint density at radius 2 is 2.00 bits per heavy atom. The third kappa shape index (κ3) is 2.35. The number of carbonyl (C=O) groups excluding carboxylic acids is 1. The van der Waals surface area contributed by atoms with Crippen LogP contribution in [-0.4, -0.2) is 30.3 Å². The van der Waals surface area contributed by atoms with Gasteiger partial charge in [-0.2, -0.15) is 0 Å². The molecule has 65 valence electrons. The van der Waals surface area contributed by atoms with Gasteiger partial charge in [0.05, 0.1) is 0 Å². The monoisotopic (exact) mass is 164 g/mol. The fraction of sp³-hybridized carbons (Fsp3) is 0.600. The Hall–Kier alpha value is -0.810. The van der Waals surface area contributed by atoms with Gasteiger partial charge in [0.1, 0.15) is 12.3 Å². The first-order chi connectivity index (χ1) is 5.88. The number of hydrogen-bond donors (Lipinski definition) is 0. The molecule has 2 heteroatoms. The molecule has 1 radical (unpaired) electrons. The molecule has 0 amide bonds. The molecule has 1 saturated heterocycles. The van der Waals surface area contributed by atoms with Crippen molar-refractivity contribution in [2.75, 3.05) is 13.1 Å². The lowest BCUT2D eigenvalue weighted by Crippen LogP contribution is -2.39. The van der Waals surface area contributed by atoms with E-state index in [0.717, 1.165) is 19.4 Å². The van der Waals surface area contributed by atoms with E-state index < -0.39 is 0 Å². The first kappa shape index (κ1) is 9.28. The van der Waals surface area contributed by atoms with E-state index in [-0.39, 0.29) is 6.04 Å². The van der Waals surface area contributed by atoms with E-state index in [1.807, 2.05) is 0 Å². The van der Waals surface area contributed by atoms with E-state index in [0.29, 0.717) is 0 Å². The van der Waals surface area contributed by atoms with Crippen molar-refractivity contribution in [1.82, 2.24) is 4.90 Å². The van der Waals surface area contributed by atoms with Crippen LogP contribution in [0.3, 0.4) is 0 Å². The van der Waals surface area contributed by atoms with E-state index in [1.165, 1.54) is 19.3 Å². The second-order valence-corrected chi connectivity index (χ2v) is 3.00. The average molecular weight is 164 g/mol. The summed E-state index contributed by atoms with van der Waals surface area (Å²) in [5, 5.41) is 0. The molecule has 1 heterocycles. The summed E-state index contributed by atoms with van der Waals surface area (Å²) in [5.41, 5.74) is 0. The van der Waals surface area contributed by atoms with Crippen molar-refractivity contribution >= 4 is 6.29 Å². The van der Waals surface area contributed by atoms with Crippen LogP contribution in [0.5, 0.6) is 0 Å². The van der Waals surface area contributed by atoms with Crippen LogP contribution in [0.2, 0.25) is 0 Å². The molecular formula is C10H14NO. The summed E-state index contributed by atoms with van der Waals surface area (Å²) in [7, 11) is 0. The molecule has 0 bridgehead atoms. The Morgan fingerprint density at radius 3 is 2.50 bits per heavy atom. The SMILES string of the molecule is [CH2]C#CC(C=O)N1CCCCC1. The number of rotatable bonds is 2. The van der Waals surface area contributed by atoms with E-state index in [2.05, 4.69) is 23.7 Å². The standard InChI is InChI=1S/C10H14NO/c1-2-6-10(9-12)11-7-4-3-5-8-11/h9-10H,1,3-5,7-8H2. The van der Waals surface area contributed by atoms with Crippen molar-refractivity contribution in [3.8, 4) is 11.8 Å². The quantitative estimate of drug-likeness (QED) is 0.446. The van der Waals surface area contributed by atoms with E-state index >= 15 is 0 Å². The zero-order valence-corrected chi connectivity index (χ0v) is 7.25. The van der Waals surface area contributed by atoms with Gasteiger partial charge in [-0.05, 0) is 25.9 Å². The molecule has 0 aromatic heterocycles. The molecule has 0 aromatic carbocycles. The van der Waals surface area contributed by atoms with Gasteiger partial charge >= 0.3 is 0 Å². The summed E-state index contributed by atoms with van der Waals surface area (Å²) >= 11 is 0. The zero-order chi connectivity index (χ0) is 8.81. The Kier molecular flexibility index (Phi) is 3.83. The molecule has 0 spiro atoms. The number of likely N-dealkylation sites (tertiary alicyclic amines) is 1. The molecule has 2 nitrogen and oxygen atoms in total. The van der Waals surface area contributed by atoms with Crippen molar-refractivity contribution in [2.24, 2.45) is 0 Å². The normalized spacial score (nSPS) is 20.8. The summed E-state index contributed by atoms with van der Waals surface area (Å²) < 4.78 is 0. The molecule has 0 aromatic rings. The number of nitrogens with zero attached hydrogens (tertiary/aromatic N) is 1. The molecule has 1 unspecified atom stereocenters. The fourth-order valence-corrected chi connectivity index (χ4v) is 1.51. The molecule has 12 heavy (non-hydrogen) atoms. The topological polar surface area (TPSA) is 20.3 Å².